The molecule has 0 saturated heterocycles. The van der Waals surface area contributed by atoms with Gasteiger partial charge in [-0.05, 0) is 46.9 Å². The number of benzene rings is 1. The minimum absolute atomic E-state index is 0.129. The van der Waals surface area contributed by atoms with Gasteiger partial charge in [0.1, 0.15) is 5.75 Å². The molecule has 0 radical (unpaired) electrons. The molecule has 0 aliphatic rings. The molecule has 0 fully saturated rings. The maximum absolute atomic E-state index is 11.4. The lowest BCUT2D eigenvalue weighted by atomic mass is 10.3. The van der Waals surface area contributed by atoms with E-state index in [-0.39, 0.29) is 12.4 Å². The topological polar surface area (TPSA) is 44.1 Å². The SMILES string of the molecule is O=c1ncc(I)cn1COc1ccc(Cl)cc1. The molecular formula is C11H8ClIN2O2. The van der Waals surface area contributed by atoms with Gasteiger partial charge in [-0.2, -0.15) is 0 Å². The molecule has 1 aromatic heterocycles. The summed E-state index contributed by atoms with van der Waals surface area (Å²) in [6.45, 7) is 0.129. The van der Waals surface area contributed by atoms with Crippen LogP contribution in [0.5, 0.6) is 5.75 Å². The van der Waals surface area contributed by atoms with Crippen LogP contribution in [0.3, 0.4) is 0 Å². The summed E-state index contributed by atoms with van der Waals surface area (Å²) in [5, 5.41) is 0.644. The van der Waals surface area contributed by atoms with Crippen molar-refractivity contribution in [2.45, 2.75) is 6.73 Å². The van der Waals surface area contributed by atoms with Crippen molar-refractivity contribution in [3.63, 3.8) is 0 Å². The molecule has 2 rings (SSSR count). The summed E-state index contributed by atoms with van der Waals surface area (Å²) in [6.07, 6.45) is 3.20. The fraction of sp³-hybridized carbons (Fsp3) is 0.0909. The van der Waals surface area contributed by atoms with Crippen molar-refractivity contribution in [3.05, 3.63) is 55.7 Å². The second-order valence-corrected chi connectivity index (χ2v) is 4.93. The van der Waals surface area contributed by atoms with Crippen LogP contribution in [0.2, 0.25) is 5.02 Å². The molecule has 0 saturated carbocycles. The van der Waals surface area contributed by atoms with Gasteiger partial charge in [0.15, 0.2) is 6.73 Å². The molecule has 0 unspecified atom stereocenters. The van der Waals surface area contributed by atoms with E-state index in [1.807, 2.05) is 0 Å². The first-order valence-electron chi connectivity index (χ1n) is 4.75. The Balaban J connectivity index is 2.09. The molecular weight excluding hydrogens is 354 g/mol. The predicted octanol–water partition coefficient (Wildman–Crippen LogP) is 2.54. The fourth-order valence-corrected chi connectivity index (χ4v) is 1.80. The van der Waals surface area contributed by atoms with Crippen molar-refractivity contribution < 1.29 is 4.74 Å². The number of hydrogen-bond donors (Lipinski definition) is 0. The van der Waals surface area contributed by atoms with E-state index in [2.05, 4.69) is 27.6 Å². The van der Waals surface area contributed by atoms with Crippen LogP contribution in [0.25, 0.3) is 0 Å². The first-order chi connectivity index (χ1) is 8.15. The van der Waals surface area contributed by atoms with Crippen molar-refractivity contribution in [3.8, 4) is 5.75 Å². The van der Waals surface area contributed by atoms with E-state index >= 15 is 0 Å². The van der Waals surface area contributed by atoms with Gasteiger partial charge in [-0.15, -0.1) is 0 Å². The monoisotopic (exact) mass is 362 g/mol. The number of nitrogens with zero attached hydrogens (tertiary/aromatic N) is 2. The maximum atomic E-state index is 11.4. The Hall–Kier alpha value is -1.08. The summed E-state index contributed by atoms with van der Waals surface area (Å²) in [4.78, 5) is 15.1. The van der Waals surface area contributed by atoms with Gasteiger partial charge in [0.2, 0.25) is 0 Å². The number of rotatable bonds is 3. The summed E-state index contributed by atoms with van der Waals surface area (Å²) in [5.41, 5.74) is -0.334. The maximum Gasteiger partial charge on any atom is 0.350 e. The molecule has 0 spiro atoms. The van der Waals surface area contributed by atoms with E-state index in [9.17, 15) is 4.79 Å². The molecule has 17 heavy (non-hydrogen) atoms. The Morgan fingerprint density at radius 3 is 2.76 bits per heavy atom. The van der Waals surface area contributed by atoms with Crippen LogP contribution in [0.1, 0.15) is 0 Å². The van der Waals surface area contributed by atoms with Crippen LogP contribution >= 0.6 is 34.2 Å². The lowest BCUT2D eigenvalue weighted by molar-refractivity contribution is 0.229. The second kappa shape index (κ2) is 5.50. The highest BCUT2D eigenvalue weighted by atomic mass is 127. The molecule has 1 heterocycles. The molecule has 6 heteroatoms. The van der Waals surface area contributed by atoms with Crippen LogP contribution < -0.4 is 10.4 Å². The zero-order chi connectivity index (χ0) is 12.3. The number of aromatic nitrogens is 2. The van der Waals surface area contributed by atoms with Crippen molar-refractivity contribution in [1.29, 1.82) is 0 Å². The second-order valence-electron chi connectivity index (χ2n) is 3.25. The number of ether oxygens (including phenoxy) is 1. The highest BCUT2D eigenvalue weighted by molar-refractivity contribution is 14.1. The Kier molecular flexibility index (Phi) is 4.01. The van der Waals surface area contributed by atoms with E-state index in [0.29, 0.717) is 10.8 Å². The van der Waals surface area contributed by atoms with Gasteiger partial charge >= 0.3 is 5.69 Å². The van der Waals surface area contributed by atoms with Gasteiger partial charge < -0.3 is 4.74 Å². The van der Waals surface area contributed by atoms with Crippen molar-refractivity contribution >= 4 is 34.2 Å². The Bertz CT molecular complexity index is 568. The van der Waals surface area contributed by atoms with Gasteiger partial charge in [-0.25, -0.2) is 9.78 Å². The quantitative estimate of drug-likeness (QED) is 0.788. The van der Waals surface area contributed by atoms with Crippen LogP contribution in [0.15, 0.2) is 41.5 Å². The first-order valence-corrected chi connectivity index (χ1v) is 6.21. The zero-order valence-electron chi connectivity index (χ0n) is 8.64. The van der Waals surface area contributed by atoms with E-state index < -0.39 is 0 Å². The van der Waals surface area contributed by atoms with Gasteiger partial charge in [0.25, 0.3) is 0 Å². The molecule has 0 amide bonds. The van der Waals surface area contributed by atoms with E-state index in [0.717, 1.165) is 3.57 Å². The van der Waals surface area contributed by atoms with Crippen LogP contribution in [-0.2, 0) is 6.73 Å². The first kappa shape index (κ1) is 12.4. The smallest absolute Gasteiger partial charge is 0.350 e. The highest BCUT2D eigenvalue weighted by Crippen LogP contribution is 2.15. The number of hydrogen-bond acceptors (Lipinski definition) is 3. The van der Waals surface area contributed by atoms with Gasteiger partial charge in [0, 0.05) is 21.0 Å². The lowest BCUT2D eigenvalue weighted by Gasteiger charge is -2.08. The average Bonchev–Trinajstić information content (AvgIpc) is 2.32. The number of halogens is 2. The minimum atomic E-state index is -0.334. The van der Waals surface area contributed by atoms with E-state index in [1.54, 1.807) is 30.5 Å². The Morgan fingerprint density at radius 2 is 2.06 bits per heavy atom. The highest BCUT2D eigenvalue weighted by Gasteiger charge is 1.99. The molecule has 2 aromatic rings. The van der Waals surface area contributed by atoms with Crippen LogP contribution in [-0.4, -0.2) is 9.55 Å². The summed E-state index contributed by atoms with van der Waals surface area (Å²) in [6, 6.07) is 6.95. The van der Waals surface area contributed by atoms with Gasteiger partial charge in [-0.1, -0.05) is 11.6 Å². The summed E-state index contributed by atoms with van der Waals surface area (Å²) >= 11 is 7.84. The molecule has 4 nitrogen and oxygen atoms in total. The summed E-state index contributed by atoms with van der Waals surface area (Å²) < 4.78 is 7.72. The zero-order valence-corrected chi connectivity index (χ0v) is 11.6. The average molecular weight is 363 g/mol. The Morgan fingerprint density at radius 1 is 1.35 bits per heavy atom. The van der Waals surface area contributed by atoms with Crippen LogP contribution in [0.4, 0.5) is 0 Å². The molecule has 0 N–H and O–H groups in total. The molecule has 1 aromatic carbocycles. The lowest BCUT2D eigenvalue weighted by Crippen LogP contribution is -2.24. The van der Waals surface area contributed by atoms with Crippen molar-refractivity contribution in [1.82, 2.24) is 9.55 Å². The van der Waals surface area contributed by atoms with Crippen molar-refractivity contribution in [2.75, 3.05) is 0 Å². The molecule has 0 bridgehead atoms. The molecule has 0 aliphatic heterocycles. The standard InChI is InChI=1S/C11H8ClIN2O2/c12-8-1-3-10(4-2-8)17-7-15-6-9(13)5-14-11(15)16/h1-6H,7H2. The largest absolute Gasteiger partial charge is 0.473 e. The third-order valence-electron chi connectivity index (χ3n) is 2.01. The fourth-order valence-electron chi connectivity index (χ4n) is 1.20. The summed E-state index contributed by atoms with van der Waals surface area (Å²) in [5.74, 6) is 0.653. The normalized spacial score (nSPS) is 10.2. The third kappa shape index (κ3) is 3.44. The summed E-state index contributed by atoms with van der Waals surface area (Å²) in [7, 11) is 0. The Labute approximate surface area is 116 Å². The van der Waals surface area contributed by atoms with Gasteiger partial charge in [0.05, 0.1) is 0 Å². The molecule has 88 valence electrons. The minimum Gasteiger partial charge on any atom is -0.473 e. The van der Waals surface area contributed by atoms with E-state index in [4.69, 9.17) is 16.3 Å². The van der Waals surface area contributed by atoms with Gasteiger partial charge in [-0.3, -0.25) is 4.57 Å². The third-order valence-corrected chi connectivity index (χ3v) is 2.82. The van der Waals surface area contributed by atoms with E-state index in [1.165, 1.54) is 10.8 Å². The molecule has 0 atom stereocenters. The van der Waals surface area contributed by atoms with Crippen molar-refractivity contribution in [2.24, 2.45) is 0 Å². The molecule has 0 aliphatic carbocycles. The van der Waals surface area contributed by atoms with Crippen LogP contribution in [0, 0.1) is 3.57 Å². The predicted molar refractivity (Wildman–Crippen MR) is 73.3 cm³/mol.